The van der Waals surface area contributed by atoms with Gasteiger partial charge in [0.05, 0.1) is 6.61 Å². The number of rotatable bonds is 8. The van der Waals surface area contributed by atoms with Crippen molar-refractivity contribution in [2.45, 2.75) is 39.7 Å². The third-order valence-electron chi connectivity index (χ3n) is 2.37. The standard InChI is InChI=1S/C12H22N2O5/c1-4-19-9(15)6-5-7-13-12(18)14-10(8(2)3)11(16)17/h8,10H,4-7H2,1-3H3,(H,16,17)(H2,13,14,18). The largest absolute Gasteiger partial charge is 0.480 e. The number of hydrogen-bond donors (Lipinski definition) is 3. The monoisotopic (exact) mass is 274 g/mol. The number of ether oxygens (including phenoxy) is 1. The molecule has 19 heavy (non-hydrogen) atoms. The Morgan fingerprint density at radius 3 is 2.37 bits per heavy atom. The summed E-state index contributed by atoms with van der Waals surface area (Å²) in [7, 11) is 0. The van der Waals surface area contributed by atoms with Crippen LogP contribution in [0.5, 0.6) is 0 Å². The summed E-state index contributed by atoms with van der Waals surface area (Å²) in [4.78, 5) is 33.3. The highest BCUT2D eigenvalue weighted by Gasteiger charge is 2.22. The predicted octanol–water partition coefficient (Wildman–Crippen LogP) is 0.738. The van der Waals surface area contributed by atoms with E-state index in [4.69, 9.17) is 9.84 Å². The summed E-state index contributed by atoms with van der Waals surface area (Å²) in [6, 6.07) is -1.48. The van der Waals surface area contributed by atoms with Crippen LogP contribution >= 0.6 is 0 Å². The number of hydrogen-bond acceptors (Lipinski definition) is 4. The number of esters is 1. The molecule has 0 spiro atoms. The fourth-order valence-electron chi connectivity index (χ4n) is 1.37. The first-order chi connectivity index (χ1) is 8.88. The van der Waals surface area contributed by atoms with Crippen molar-refractivity contribution in [3.05, 3.63) is 0 Å². The fourth-order valence-corrected chi connectivity index (χ4v) is 1.37. The van der Waals surface area contributed by atoms with Crippen molar-refractivity contribution < 1.29 is 24.2 Å². The second-order valence-corrected chi connectivity index (χ2v) is 4.37. The van der Waals surface area contributed by atoms with E-state index < -0.39 is 18.0 Å². The van der Waals surface area contributed by atoms with Crippen molar-refractivity contribution in [3.8, 4) is 0 Å². The number of carboxylic acid groups (broad SMARTS) is 1. The number of carbonyl (C=O) groups excluding carboxylic acids is 2. The topological polar surface area (TPSA) is 105 Å². The molecule has 0 aromatic carbocycles. The SMILES string of the molecule is CCOC(=O)CCCNC(=O)NC(C(=O)O)C(C)C. The molecule has 7 heteroatoms. The molecule has 0 aliphatic carbocycles. The van der Waals surface area contributed by atoms with E-state index in [0.717, 1.165) is 0 Å². The second kappa shape index (κ2) is 9.18. The molecule has 0 heterocycles. The molecule has 0 aromatic heterocycles. The van der Waals surface area contributed by atoms with Crippen LogP contribution in [0.3, 0.4) is 0 Å². The van der Waals surface area contributed by atoms with Crippen LogP contribution in [-0.4, -0.2) is 42.3 Å². The zero-order valence-corrected chi connectivity index (χ0v) is 11.6. The lowest BCUT2D eigenvalue weighted by Crippen LogP contribution is -2.48. The molecular weight excluding hydrogens is 252 g/mol. The quantitative estimate of drug-likeness (QED) is 0.447. The van der Waals surface area contributed by atoms with Gasteiger partial charge in [0.1, 0.15) is 6.04 Å². The molecule has 1 unspecified atom stereocenters. The Kier molecular flexibility index (Phi) is 8.32. The van der Waals surface area contributed by atoms with Gasteiger partial charge in [-0.25, -0.2) is 9.59 Å². The molecule has 7 nitrogen and oxygen atoms in total. The molecule has 110 valence electrons. The Labute approximate surface area is 112 Å². The van der Waals surface area contributed by atoms with Gasteiger partial charge in [0.2, 0.25) is 0 Å². The number of carbonyl (C=O) groups is 3. The van der Waals surface area contributed by atoms with E-state index in [9.17, 15) is 14.4 Å². The lowest BCUT2D eigenvalue weighted by Gasteiger charge is -2.18. The van der Waals surface area contributed by atoms with E-state index in [-0.39, 0.29) is 24.9 Å². The lowest BCUT2D eigenvalue weighted by molar-refractivity contribution is -0.143. The van der Waals surface area contributed by atoms with Gasteiger partial charge in [0.15, 0.2) is 0 Å². The van der Waals surface area contributed by atoms with Gasteiger partial charge in [-0.3, -0.25) is 4.79 Å². The van der Waals surface area contributed by atoms with Crippen LogP contribution in [0.25, 0.3) is 0 Å². The van der Waals surface area contributed by atoms with Gasteiger partial charge in [-0.05, 0) is 19.3 Å². The van der Waals surface area contributed by atoms with Crippen molar-refractivity contribution >= 4 is 18.0 Å². The van der Waals surface area contributed by atoms with Gasteiger partial charge >= 0.3 is 18.0 Å². The Hall–Kier alpha value is -1.79. The average Bonchev–Trinajstić information content (AvgIpc) is 2.31. The highest BCUT2D eigenvalue weighted by atomic mass is 16.5. The zero-order valence-electron chi connectivity index (χ0n) is 11.6. The van der Waals surface area contributed by atoms with E-state index in [1.54, 1.807) is 20.8 Å². The maximum atomic E-state index is 11.4. The van der Waals surface area contributed by atoms with E-state index >= 15 is 0 Å². The van der Waals surface area contributed by atoms with Gasteiger partial charge in [-0.1, -0.05) is 13.8 Å². The summed E-state index contributed by atoms with van der Waals surface area (Å²) in [6.45, 7) is 5.76. The van der Waals surface area contributed by atoms with E-state index in [1.165, 1.54) is 0 Å². The van der Waals surface area contributed by atoms with Crippen molar-refractivity contribution in [1.29, 1.82) is 0 Å². The Bertz CT molecular complexity index is 317. The van der Waals surface area contributed by atoms with Crippen molar-refractivity contribution in [2.75, 3.05) is 13.2 Å². The molecule has 1 atom stereocenters. The van der Waals surface area contributed by atoms with Gasteiger partial charge in [0, 0.05) is 13.0 Å². The maximum absolute atomic E-state index is 11.4. The van der Waals surface area contributed by atoms with Gasteiger partial charge in [0.25, 0.3) is 0 Å². The molecular formula is C12H22N2O5. The first-order valence-corrected chi connectivity index (χ1v) is 6.31. The summed E-state index contributed by atoms with van der Waals surface area (Å²) in [5.74, 6) is -1.59. The summed E-state index contributed by atoms with van der Waals surface area (Å²) in [5.41, 5.74) is 0. The molecule has 0 radical (unpaired) electrons. The summed E-state index contributed by atoms with van der Waals surface area (Å²) in [6.07, 6.45) is 0.673. The smallest absolute Gasteiger partial charge is 0.326 e. The molecule has 0 aliphatic rings. The van der Waals surface area contributed by atoms with E-state index in [0.29, 0.717) is 13.0 Å². The summed E-state index contributed by atoms with van der Waals surface area (Å²) < 4.78 is 4.73. The number of urea groups is 1. The van der Waals surface area contributed by atoms with Crippen LogP contribution in [0.15, 0.2) is 0 Å². The average molecular weight is 274 g/mol. The van der Waals surface area contributed by atoms with Crippen molar-refractivity contribution in [3.63, 3.8) is 0 Å². The Morgan fingerprint density at radius 1 is 1.26 bits per heavy atom. The Morgan fingerprint density at radius 2 is 1.89 bits per heavy atom. The summed E-state index contributed by atoms with van der Waals surface area (Å²) >= 11 is 0. The van der Waals surface area contributed by atoms with Gasteiger partial charge in [-0.15, -0.1) is 0 Å². The second-order valence-electron chi connectivity index (χ2n) is 4.37. The van der Waals surface area contributed by atoms with Crippen LogP contribution in [0.4, 0.5) is 4.79 Å². The van der Waals surface area contributed by atoms with Crippen LogP contribution in [0.1, 0.15) is 33.6 Å². The third kappa shape index (κ3) is 8.01. The number of carboxylic acids is 1. The summed E-state index contributed by atoms with van der Waals surface area (Å²) in [5, 5.41) is 13.8. The molecule has 2 amide bonds. The number of aliphatic carboxylic acids is 1. The molecule has 0 aliphatic heterocycles. The highest BCUT2D eigenvalue weighted by Crippen LogP contribution is 2.01. The van der Waals surface area contributed by atoms with E-state index in [1.807, 2.05) is 0 Å². The van der Waals surface area contributed by atoms with Crippen molar-refractivity contribution in [1.82, 2.24) is 10.6 Å². The highest BCUT2D eigenvalue weighted by molar-refractivity contribution is 5.82. The van der Waals surface area contributed by atoms with Gasteiger partial charge in [-0.2, -0.15) is 0 Å². The van der Waals surface area contributed by atoms with Gasteiger partial charge < -0.3 is 20.5 Å². The van der Waals surface area contributed by atoms with Crippen LogP contribution in [0.2, 0.25) is 0 Å². The minimum absolute atomic E-state index is 0.206. The number of amides is 2. The number of nitrogens with one attached hydrogen (secondary N) is 2. The zero-order chi connectivity index (χ0) is 14.8. The minimum Gasteiger partial charge on any atom is -0.480 e. The lowest BCUT2D eigenvalue weighted by atomic mass is 10.1. The molecule has 0 rings (SSSR count). The predicted molar refractivity (Wildman–Crippen MR) is 68.7 cm³/mol. The first kappa shape index (κ1) is 17.2. The van der Waals surface area contributed by atoms with Crippen LogP contribution < -0.4 is 10.6 Å². The van der Waals surface area contributed by atoms with Crippen LogP contribution in [-0.2, 0) is 14.3 Å². The first-order valence-electron chi connectivity index (χ1n) is 6.31. The normalized spacial score (nSPS) is 11.8. The molecule has 0 fully saturated rings. The molecule has 0 aromatic rings. The Balaban J connectivity index is 3.86. The maximum Gasteiger partial charge on any atom is 0.326 e. The van der Waals surface area contributed by atoms with Crippen LogP contribution in [0, 0.1) is 5.92 Å². The minimum atomic E-state index is -1.07. The molecule has 0 bridgehead atoms. The van der Waals surface area contributed by atoms with Crippen molar-refractivity contribution in [2.24, 2.45) is 5.92 Å². The van der Waals surface area contributed by atoms with E-state index in [2.05, 4.69) is 10.6 Å². The molecule has 0 saturated heterocycles. The fraction of sp³-hybridized carbons (Fsp3) is 0.750. The molecule has 3 N–H and O–H groups in total. The third-order valence-corrected chi connectivity index (χ3v) is 2.37. The molecule has 0 saturated carbocycles.